The second kappa shape index (κ2) is 8.74. The van der Waals surface area contributed by atoms with E-state index in [1.54, 1.807) is 24.3 Å². The van der Waals surface area contributed by atoms with E-state index in [-0.39, 0.29) is 6.61 Å². The normalized spacial score (nSPS) is 18.4. The first-order valence-corrected chi connectivity index (χ1v) is 7.81. The second-order valence-corrected chi connectivity index (χ2v) is 5.75. The second-order valence-electron chi connectivity index (χ2n) is 5.75. The molecule has 0 saturated carbocycles. The van der Waals surface area contributed by atoms with E-state index in [0.717, 1.165) is 26.1 Å². The molecule has 1 aliphatic heterocycles. The summed E-state index contributed by atoms with van der Waals surface area (Å²) in [5.74, 6) is 1.27. The van der Waals surface area contributed by atoms with Crippen molar-refractivity contribution in [2.24, 2.45) is 5.92 Å². The number of rotatable bonds is 7. The molecule has 1 saturated heterocycles. The van der Waals surface area contributed by atoms with Crippen molar-refractivity contribution < 1.29 is 14.6 Å². The summed E-state index contributed by atoms with van der Waals surface area (Å²) in [4.78, 5) is 0. The predicted octanol–water partition coefficient (Wildman–Crippen LogP) is 1.70. The van der Waals surface area contributed by atoms with Gasteiger partial charge in [-0.2, -0.15) is 5.26 Å². The highest BCUT2D eigenvalue weighted by Crippen LogP contribution is 2.18. The van der Waals surface area contributed by atoms with Gasteiger partial charge in [0.25, 0.3) is 0 Å². The molecule has 2 rings (SSSR count). The number of benzene rings is 1. The minimum atomic E-state index is -0.557. The van der Waals surface area contributed by atoms with E-state index in [4.69, 9.17) is 14.7 Å². The quantitative estimate of drug-likeness (QED) is 0.802. The van der Waals surface area contributed by atoms with Crippen LogP contribution in [0.25, 0.3) is 0 Å². The number of hydrogen-bond donors (Lipinski definition) is 2. The summed E-state index contributed by atoms with van der Waals surface area (Å²) in [5, 5.41) is 22.1. The van der Waals surface area contributed by atoms with E-state index in [0.29, 0.717) is 29.8 Å². The third-order valence-electron chi connectivity index (χ3n) is 4.07. The van der Waals surface area contributed by atoms with Gasteiger partial charge in [0.2, 0.25) is 0 Å². The highest BCUT2D eigenvalue weighted by atomic mass is 16.5. The van der Waals surface area contributed by atoms with Gasteiger partial charge in [0, 0.05) is 25.8 Å². The molecule has 2 unspecified atom stereocenters. The Morgan fingerprint density at radius 2 is 2.05 bits per heavy atom. The number of hydrogen-bond acceptors (Lipinski definition) is 5. The van der Waals surface area contributed by atoms with Gasteiger partial charge < -0.3 is 19.9 Å². The Morgan fingerprint density at radius 3 is 2.68 bits per heavy atom. The highest BCUT2D eigenvalue weighted by molar-refractivity contribution is 5.34. The van der Waals surface area contributed by atoms with Crippen molar-refractivity contribution in [3.63, 3.8) is 0 Å². The third-order valence-corrected chi connectivity index (χ3v) is 4.07. The van der Waals surface area contributed by atoms with Gasteiger partial charge in [0.05, 0.1) is 11.6 Å². The molecule has 0 amide bonds. The molecule has 1 aromatic rings. The summed E-state index contributed by atoms with van der Waals surface area (Å²) in [5.41, 5.74) is 0.597. The van der Waals surface area contributed by atoms with E-state index in [1.165, 1.54) is 0 Å². The maximum Gasteiger partial charge on any atom is 0.119 e. The minimum absolute atomic E-state index is 0.236. The SMILES string of the molecule is CC(NCC(O)COc1ccc(C#N)cc1)C1CCOCC1. The van der Waals surface area contributed by atoms with Crippen LogP contribution < -0.4 is 10.1 Å². The molecule has 2 atom stereocenters. The number of nitriles is 1. The summed E-state index contributed by atoms with van der Waals surface area (Å²) >= 11 is 0. The first kappa shape index (κ1) is 16.8. The van der Waals surface area contributed by atoms with Crippen molar-refractivity contribution in [3.05, 3.63) is 29.8 Å². The maximum atomic E-state index is 9.99. The van der Waals surface area contributed by atoms with E-state index >= 15 is 0 Å². The smallest absolute Gasteiger partial charge is 0.119 e. The Bertz CT molecular complexity index is 478. The van der Waals surface area contributed by atoms with Crippen LogP contribution >= 0.6 is 0 Å². The Kier molecular flexibility index (Phi) is 6.66. The topological polar surface area (TPSA) is 74.5 Å². The highest BCUT2D eigenvalue weighted by Gasteiger charge is 2.20. The maximum absolute atomic E-state index is 9.99. The van der Waals surface area contributed by atoms with Crippen molar-refractivity contribution in [2.45, 2.75) is 31.9 Å². The van der Waals surface area contributed by atoms with Crippen LogP contribution in [0.4, 0.5) is 0 Å². The average Bonchev–Trinajstić information content (AvgIpc) is 2.59. The van der Waals surface area contributed by atoms with Crippen molar-refractivity contribution >= 4 is 0 Å². The molecule has 0 radical (unpaired) electrons. The van der Waals surface area contributed by atoms with Crippen molar-refractivity contribution in [1.82, 2.24) is 5.32 Å². The van der Waals surface area contributed by atoms with Gasteiger partial charge in [0.1, 0.15) is 18.5 Å². The molecule has 120 valence electrons. The van der Waals surface area contributed by atoms with Crippen LogP contribution in [-0.4, -0.2) is 43.6 Å². The lowest BCUT2D eigenvalue weighted by Gasteiger charge is -2.29. The Labute approximate surface area is 131 Å². The fourth-order valence-corrected chi connectivity index (χ4v) is 2.58. The molecule has 5 nitrogen and oxygen atoms in total. The fraction of sp³-hybridized carbons (Fsp3) is 0.588. The molecule has 1 aliphatic rings. The molecule has 22 heavy (non-hydrogen) atoms. The summed E-state index contributed by atoms with van der Waals surface area (Å²) in [6, 6.07) is 9.31. The van der Waals surface area contributed by atoms with Crippen LogP contribution in [0.3, 0.4) is 0 Å². The number of aliphatic hydroxyl groups excluding tert-OH is 1. The van der Waals surface area contributed by atoms with Crippen LogP contribution in [0.2, 0.25) is 0 Å². The molecule has 0 bridgehead atoms. The molecule has 2 N–H and O–H groups in total. The van der Waals surface area contributed by atoms with Gasteiger partial charge >= 0.3 is 0 Å². The average molecular weight is 304 g/mol. The Balaban J connectivity index is 1.66. The van der Waals surface area contributed by atoms with Crippen LogP contribution in [-0.2, 0) is 4.74 Å². The molecule has 0 aliphatic carbocycles. The summed E-state index contributed by atoms with van der Waals surface area (Å²) < 4.78 is 10.9. The van der Waals surface area contributed by atoms with Crippen molar-refractivity contribution in [1.29, 1.82) is 5.26 Å². The lowest BCUT2D eigenvalue weighted by molar-refractivity contribution is 0.0512. The largest absolute Gasteiger partial charge is 0.491 e. The summed E-state index contributed by atoms with van der Waals surface area (Å²) in [6.07, 6.45) is 1.59. The summed E-state index contributed by atoms with van der Waals surface area (Å²) in [7, 11) is 0. The van der Waals surface area contributed by atoms with Crippen LogP contribution in [0.5, 0.6) is 5.75 Å². The Hall–Kier alpha value is -1.61. The number of nitrogens with one attached hydrogen (secondary N) is 1. The number of ether oxygens (including phenoxy) is 2. The zero-order chi connectivity index (χ0) is 15.8. The molecule has 1 fully saturated rings. The van der Waals surface area contributed by atoms with Gasteiger partial charge in [-0.3, -0.25) is 0 Å². The van der Waals surface area contributed by atoms with Gasteiger partial charge in [-0.15, -0.1) is 0 Å². The monoisotopic (exact) mass is 304 g/mol. The predicted molar refractivity (Wildman–Crippen MR) is 83.7 cm³/mol. The molecule has 1 aromatic carbocycles. The molecular weight excluding hydrogens is 280 g/mol. The number of aliphatic hydroxyl groups is 1. The minimum Gasteiger partial charge on any atom is -0.491 e. The van der Waals surface area contributed by atoms with Gasteiger partial charge in [-0.1, -0.05) is 0 Å². The Morgan fingerprint density at radius 1 is 1.36 bits per heavy atom. The molecule has 5 heteroatoms. The van der Waals surface area contributed by atoms with E-state index < -0.39 is 6.10 Å². The first-order chi connectivity index (χ1) is 10.7. The van der Waals surface area contributed by atoms with Crippen LogP contribution in [0.15, 0.2) is 24.3 Å². The third kappa shape index (κ3) is 5.30. The lowest BCUT2D eigenvalue weighted by Crippen LogP contribution is -2.41. The zero-order valence-electron chi connectivity index (χ0n) is 13.0. The molecule has 0 spiro atoms. The van der Waals surface area contributed by atoms with Gasteiger partial charge in [-0.05, 0) is 49.9 Å². The van der Waals surface area contributed by atoms with Crippen molar-refractivity contribution in [3.8, 4) is 11.8 Å². The van der Waals surface area contributed by atoms with E-state index in [1.807, 2.05) is 0 Å². The van der Waals surface area contributed by atoms with Gasteiger partial charge in [-0.25, -0.2) is 0 Å². The molecular formula is C17H24N2O3. The van der Waals surface area contributed by atoms with Gasteiger partial charge in [0.15, 0.2) is 0 Å². The first-order valence-electron chi connectivity index (χ1n) is 7.81. The van der Waals surface area contributed by atoms with Crippen molar-refractivity contribution in [2.75, 3.05) is 26.4 Å². The van der Waals surface area contributed by atoms with E-state index in [9.17, 15) is 5.11 Å². The summed E-state index contributed by atoms with van der Waals surface area (Å²) in [6.45, 7) is 4.57. The van der Waals surface area contributed by atoms with E-state index in [2.05, 4.69) is 18.3 Å². The molecule has 1 heterocycles. The van der Waals surface area contributed by atoms with Crippen LogP contribution in [0.1, 0.15) is 25.3 Å². The molecule has 0 aromatic heterocycles. The number of nitrogens with zero attached hydrogens (tertiary/aromatic N) is 1. The lowest BCUT2D eigenvalue weighted by atomic mass is 9.93. The van der Waals surface area contributed by atoms with Crippen LogP contribution in [0, 0.1) is 17.2 Å². The zero-order valence-corrected chi connectivity index (χ0v) is 13.0. The standard InChI is InChI=1S/C17H24N2O3/c1-13(15-6-8-21-9-7-15)19-11-16(20)12-22-17-4-2-14(10-18)3-5-17/h2-5,13,15-16,19-20H,6-9,11-12H2,1H3. The fourth-order valence-electron chi connectivity index (χ4n) is 2.58.